The smallest absolute Gasteiger partial charge is 0.244 e. The van der Waals surface area contributed by atoms with Crippen molar-refractivity contribution in [1.82, 2.24) is 20.4 Å². The summed E-state index contributed by atoms with van der Waals surface area (Å²) in [7, 11) is 4.08. The van der Waals surface area contributed by atoms with E-state index in [9.17, 15) is 9.59 Å². The van der Waals surface area contributed by atoms with Gasteiger partial charge in [0.05, 0.1) is 0 Å². The molecule has 6 N–H and O–H groups in total. The molecule has 0 radical (unpaired) electrons. The molecule has 0 aromatic carbocycles. The van der Waals surface area contributed by atoms with Gasteiger partial charge in [-0.2, -0.15) is 0 Å². The highest BCUT2D eigenvalue weighted by molar-refractivity contribution is 5.96. The Morgan fingerprint density at radius 3 is 1.42 bits per heavy atom. The molecular formula is C18H38N6O2. The molecule has 2 amide bonds. The average molecular weight is 371 g/mol. The van der Waals surface area contributed by atoms with Gasteiger partial charge in [-0.15, -0.1) is 0 Å². The molecule has 0 bridgehead atoms. The highest BCUT2D eigenvalue weighted by atomic mass is 16.2. The number of nitrogens with two attached hydrogens (primary N) is 2. The topological polar surface area (TPSA) is 117 Å². The SMILES string of the molecule is CN(CCCN)CCCNC(=O)/C=C/C(=O)NCCCN(C)CCCN. The molecule has 0 heterocycles. The summed E-state index contributed by atoms with van der Waals surface area (Å²) in [6.07, 6.45) is 6.24. The van der Waals surface area contributed by atoms with Crippen molar-refractivity contribution < 1.29 is 9.59 Å². The molecule has 0 aromatic heterocycles. The van der Waals surface area contributed by atoms with E-state index in [1.807, 2.05) is 14.1 Å². The van der Waals surface area contributed by atoms with Crippen LogP contribution in [0.3, 0.4) is 0 Å². The minimum absolute atomic E-state index is 0.244. The first-order chi connectivity index (χ1) is 12.5. The Morgan fingerprint density at radius 1 is 0.731 bits per heavy atom. The van der Waals surface area contributed by atoms with Gasteiger partial charge in [0.1, 0.15) is 0 Å². The van der Waals surface area contributed by atoms with Gasteiger partial charge in [0.25, 0.3) is 0 Å². The number of carbonyl (C=O) groups is 2. The van der Waals surface area contributed by atoms with Crippen LogP contribution in [0.25, 0.3) is 0 Å². The molecule has 0 aliphatic heterocycles. The van der Waals surface area contributed by atoms with Gasteiger partial charge in [0, 0.05) is 25.2 Å². The summed E-state index contributed by atoms with van der Waals surface area (Å²) < 4.78 is 0. The number of hydrogen-bond acceptors (Lipinski definition) is 6. The lowest BCUT2D eigenvalue weighted by Crippen LogP contribution is -2.29. The molecule has 8 heteroatoms. The van der Waals surface area contributed by atoms with Gasteiger partial charge < -0.3 is 31.9 Å². The maximum Gasteiger partial charge on any atom is 0.244 e. The van der Waals surface area contributed by atoms with Crippen molar-refractivity contribution in [3.05, 3.63) is 12.2 Å². The third-order valence-corrected chi connectivity index (χ3v) is 3.91. The van der Waals surface area contributed by atoms with Crippen molar-refractivity contribution in [2.75, 3.05) is 66.5 Å². The molecule has 0 fully saturated rings. The van der Waals surface area contributed by atoms with Crippen molar-refractivity contribution in [2.24, 2.45) is 11.5 Å². The Kier molecular flexibility index (Phi) is 16.0. The first kappa shape index (κ1) is 24.5. The Morgan fingerprint density at radius 2 is 1.08 bits per heavy atom. The standard InChI is InChI=1S/C18H38N6O2/c1-23(13-3-9-19)15-5-11-21-17(25)7-8-18(26)22-12-6-16-24(2)14-4-10-20/h7-8H,3-6,9-16,19-20H2,1-2H3,(H,21,25)(H,22,26)/b8-7+. The summed E-state index contributed by atoms with van der Waals surface area (Å²) in [5.74, 6) is -0.488. The summed E-state index contributed by atoms with van der Waals surface area (Å²) in [6, 6.07) is 0. The lowest BCUT2D eigenvalue weighted by molar-refractivity contribution is -0.118. The third-order valence-electron chi connectivity index (χ3n) is 3.91. The molecule has 0 aromatic rings. The van der Waals surface area contributed by atoms with Crippen LogP contribution in [0.5, 0.6) is 0 Å². The monoisotopic (exact) mass is 370 g/mol. The fourth-order valence-corrected chi connectivity index (χ4v) is 2.34. The van der Waals surface area contributed by atoms with Crippen LogP contribution in [-0.2, 0) is 9.59 Å². The van der Waals surface area contributed by atoms with E-state index < -0.39 is 0 Å². The van der Waals surface area contributed by atoms with Crippen LogP contribution < -0.4 is 22.1 Å². The van der Waals surface area contributed by atoms with E-state index in [1.165, 1.54) is 12.2 Å². The number of amides is 2. The third kappa shape index (κ3) is 16.0. The van der Waals surface area contributed by atoms with E-state index in [1.54, 1.807) is 0 Å². The summed E-state index contributed by atoms with van der Waals surface area (Å²) in [6.45, 7) is 6.31. The lowest BCUT2D eigenvalue weighted by atomic mass is 10.3. The molecule has 0 saturated carbocycles. The van der Waals surface area contributed by atoms with Crippen LogP contribution in [0.1, 0.15) is 25.7 Å². The predicted octanol–water partition coefficient (Wildman–Crippen LogP) is -0.884. The second-order valence-corrected chi connectivity index (χ2v) is 6.51. The fourth-order valence-electron chi connectivity index (χ4n) is 2.34. The average Bonchev–Trinajstić information content (AvgIpc) is 2.63. The maximum atomic E-state index is 11.7. The maximum absolute atomic E-state index is 11.7. The number of carbonyl (C=O) groups excluding carboxylic acids is 2. The van der Waals surface area contributed by atoms with E-state index in [-0.39, 0.29) is 11.8 Å². The molecule has 0 aliphatic carbocycles. The zero-order valence-electron chi connectivity index (χ0n) is 16.5. The fraction of sp³-hybridized carbons (Fsp3) is 0.778. The molecule has 8 nitrogen and oxygen atoms in total. The Hall–Kier alpha value is -1.48. The zero-order valence-corrected chi connectivity index (χ0v) is 16.5. The molecule has 0 atom stereocenters. The van der Waals surface area contributed by atoms with Crippen molar-refractivity contribution in [3.8, 4) is 0 Å². The van der Waals surface area contributed by atoms with E-state index in [2.05, 4.69) is 20.4 Å². The van der Waals surface area contributed by atoms with Crippen molar-refractivity contribution in [3.63, 3.8) is 0 Å². The van der Waals surface area contributed by atoms with Crippen LogP contribution in [0.2, 0.25) is 0 Å². The number of rotatable bonds is 16. The van der Waals surface area contributed by atoms with E-state index in [0.717, 1.165) is 51.9 Å². The van der Waals surface area contributed by atoms with Crippen LogP contribution in [0.4, 0.5) is 0 Å². The quantitative estimate of drug-likeness (QED) is 0.207. The molecule has 0 rings (SSSR count). The highest BCUT2D eigenvalue weighted by Crippen LogP contribution is 1.90. The number of hydrogen-bond donors (Lipinski definition) is 4. The zero-order chi connectivity index (χ0) is 19.6. The number of nitrogens with one attached hydrogen (secondary N) is 2. The predicted molar refractivity (Wildman–Crippen MR) is 107 cm³/mol. The van der Waals surface area contributed by atoms with Crippen LogP contribution >= 0.6 is 0 Å². The first-order valence-electron chi connectivity index (χ1n) is 9.50. The van der Waals surface area contributed by atoms with E-state index in [4.69, 9.17) is 11.5 Å². The Balaban J connectivity index is 3.68. The van der Waals surface area contributed by atoms with E-state index >= 15 is 0 Å². The van der Waals surface area contributed by atoms with Crippen LogP contribution in [0, 0.1) is 0 Å². The van der Waals surface area contributed by atoms with Gasteiger partial charge in [-0.3, -0.25) is 9.59 Å². The molecule has 0 saturated heterocycles. The van der Waals surface area contributed by atoms with Gasteiger partial charge in [-0.05, 0) is 79.0 Å². The van der Waals surface area contributed by atoms with Crippen molar-refractivity contribution in [2.45, 2.75) is 25.7 Å². The van der Waals surface area contributed by atoms with Gasteiger partial charge >= 0.3 is 0 Å². The normalized spacial score (nSPS) is 11.5. The largest absolute Gasteiger partial charge is 0.353 e. The van der Waals surface area contributed by atoms with Gasteiger partial charge in [0.15, 0.2) is 0 Å². The molecule has 0 aliphatic rings. The second kappa shape index (κ2) is 17.0. The Bertz CT molecular complexity index is 367. The van der Waals surface area contributed by atoms with Gasteiger partial charge in [-0.25, -0.2) is 0 Å². The summed E-state index contributed by atoms with van der Waals surface area (Å²) in [5.41, 5.74) is 10.9. The summed E-state index contributed by atoms with van der Waals surface area (Å²) in [5, 5.41) is 5.55. The van der Waals surface area contributed by atoms with Crippen LogP contribution in [0.15, 0.2) is 12.2 Å². The van der Waals surface area contributed by atoms with Gasteiger partial charge in [-0.1, -0.05) is 0 Å². The summed E-state index contributed by atoms with van der Waals surface area (Å²) in [4.78, 5) is 27.7. The van der Waals surface area contributed by atoms with Crippen molar-refractivity contribution >= 4 is 11.8 Å². The summed E-state index contributed by atoms with van der Waals surface area (Å²) >= 11 is 0. The lowest BCUT2D eigenvalue weighted by Gasteiger charge is -2.15. The molecule has 26 heavy (non-hydrogen) atoms. The van der Waals surface area contributed by atoms with Crippen molar-refractivity contribution in [1.29, 1.82) is 0 Å². The molecule has 152 valence electrons. The molecule has 0 unspecified atom stereocenters. The minimum Gasteiger partial charge on any atom is -0.353 e. The minimum atomic E-state index is -0.244. The second-order valence-electron chi connectivity index (χ2n) is 6.51. The Labute approximate surface area is 158 Å². The van der Waals surface area contributed by atoms with E-state index in [0.29, 0.717) is 26.2 Å². The number of nitrogens with zero attached hydrogens (tertiary/aromatic N) is 2. The highest BCUT2D eigenvalue weighted by Gasteiger charge is 2.01. The van der Waals surface area contributed by atoms with Crippen LogP contribution in [-0.4, -0.2) is 88.1 Å². The molecule has 0 spiro atoms. The first-order valence-corrected chi connectivity index (χ1v) is 9.50. The van der Waals surface area contributed by atoms with Gasteiger partial charge in [0.2, 0.25) is 11.8 Å². The molecular weight excluding hydrogens is 332 g/mol.